The summed E-state index contributed by atoms with van der Waals surface area (Å²) in [5.74, 6) is -0.218. The van der Waals surface area contributed by atoms with Gasteiger partial charge in [0.25, 0.3) is 5.91 Å². The molecule has 3 aromatic rings. The van der Waals surface area contributed by atoms with Gasteiger partial charge in [-0.1, -0.05) is 43.3 Å². The van der Waals surface area contributed by atoms with Gasteiger partial charge in [-0.2, -0.15) is 4.98 Å². The first kappa shape index (κ1) is 25.2. The molecule has 2 amide bonds. The van der Waals surface area contributed by atoms with Crippen LogP contribution in [0.15, 0.2) is 39.3 Å². The van der Waals surface area contributed by atoms with Gasteiger partial charge in [-0.15, -0.1) is 11.3 Å². The van der Waals surface area contributed by atoms with Crippen LogP contribution in [0, 0.1) is 19.8 Å². The van der Waals surface area contributed by atoms with Crippen LogP contribution in [0.5, 0.6) is 0 Å². The standard InChI is InChI=1S/C26H30N6O4S/c1-13(2)20(23-28-15(4)31-36-23)24(34)32-11-18(33)10-19(32)22-29-25(35)26(5,30-22)17-8-6-16(7-9-17)21-14(3)27-12-37-21/h6-9,12-13,18-20,33H,10-11H2,1-5H3,(H,29,30,35)/t18-,19?,20?,26+/m1/s1. The van der Waals surface area contributed by atoms with E-state index in [9.17, 15) is 14.7 Å². The lowest BCUT2D eigenvalue weighted by atomic mass is 9.91. The summed E-state index contributed by atoms with van der Waals surface area (Å²) in [5, 5.41) is 17.3. The second-order valence-corrected chi connectivity index (χ2v) is 11.0. The average molecular weight is 523 g/mol. The van der Waals surface area contributed by atoms with Gasteiger partial charge in [0.15, 0.2) is 11.4 Å². The highest BCUT2D eigenvalue weighted by atomic mass is 32.1. The molecule has 0 radical (unpaired) electrons. The quantitative estimate of drug-likeness (QED) is 0.508. The van der Waals surface area contributed by atoms with E-state index in [0.29, 0.717) is 11.7 Å². The Morgan fingerprint density at radius 1 is 1.27 bits per heavy atom. The van der Waals surface area contributed by atoms with Crippen LogP contribution in [-0.4, -0.2) is 61.5 Å². The number of nitrogens with zero attached hydrogens (tertiary/aromatic N) is 5. The zero-order valence-corrected chi connectivity index (χ0v) is 22.2. The van der Waals surface area contributed by atoms with Crippen LogP contribution in [0.1, 0.15) is 56.1 Å². The van der Waals surface area contributed by atoms with Crippen molar-refractivity contribution in [3.63, 3.8) is 0 Å². The molecule has 0 bridgehead atoms. The van der Waals surface area contributed by atoms with Crippen molar-refractivity contribution in [3.8, 4) is 10.4 Å². The Bertz CT molecular complexity index is 1360. The maximum absolute atomic E-state index is 13.7. The Morgan fingerprint density at radius 2 is 2.00 bits per heavy atom. The third-order valence-corrected chi connectivity index (χ3v) is 8.08. The highest BCUT2D eigenvalue weighted by Gasteiger charge is 2.48. The first-order valence-electron chi connectivity index (χ1n) is 12.3. The predicted octanol–water partition coefficient (Wildman–Crippen LogP) is 2.96. The molecule has 4 atom stereocenters. The molecule has 0 spiro atoms. The summed E-state index contributed by atoms with van der Waals surface area (Å²) in [6, 6.07) is 7.17. The third kappa shape index (κ3) is 4.46. The molecule has 2 aliphatic heterocycles. The van der Waals surface area contributed by atoms with Gasteiger partial charge in [0, 0.05) is 13.0 Å². The van der Waals surface area contributed by atoms with E-state index >= 15 is 0 Å². The monoisotopic (exact) mass is 522 g/mol. The number of aliphatic hydroxyl groups is 1. The third-order valence-electron chi connectivity index (χ3n) is 7.10. The zero-order valence-electron chi connectivity index (χ0n) is 21.4. The van der Waals surface area contributed by atoms with Gasteiger partial charge in [-0.3, -0.25) is 9.59 Å². The fourth-order valence-electron chi connectivity index (χ4n) is 5.05. The Hall–Kier alpha value is -3.44. The second-order valence-electron chi connectivity index (χ2n) is 10.2. The molecular formula is C26H30N6O4S. The lowest BCUT2D eigenvalue weighted by Crippen LogP contribution is -2.48. The number of aliphatic imine (C=N–C) groups is 1. The summed E-state index contributed by atoms with van der Waals surface area (Å²) >= 11 is 1.57. The van der Waals surface area contributed by atoms with Gasteiger partial charge in [0.05, 0.1) is 28.2 Å². The number of rotatable bonds is 6. The lowest BCUT2D eigenvalue weighted by molar-refractivity contribution is -0.134. The van der Waals surface area contributed by atoms with E-state index in [1.807, 2.05) is 50.5 Å². The van der Waals surface area contributed by atoms with Crippen molar-refractivity contribution >= 4 is 29.0 Å². The first-order valence-corrected chi connectivity index (χ1v) is 13.2. The van der Waals surface area contributed by atoms with Crippen LogP contribution in [0.25, 0.3) is 10.4 Å². The molecule has 11 heteroatoms. The molecule has 2 aliphatic rings. The molecule has 0 aliphatic carbocycles. The molecule has 2 aromatic heterocycles. The number of carbonyl (C=O) groups excluding carboxylic acids is 2. The molecule has 4 heterocycles. The second kappa shape index (κ2) is 9.46. The van der Waals surface area contributed by atoms with Gasteiger partial charge < -0.3 is 19.8 Å². The fraction of sp³-hybridized carbons (Fsp3) is 0.462. The molecule has 2 N–H and O–H groups in total. The number of carbonyl (C=O) groups is 2. The molecule has 1 saturated heterocycles. The SMILES string of the molecule is Cc1noc(C(C(=O)N2C[C@H](O)CC2C2=N[C@@](C)(c3ccc(-c4scnc4C)cc3)C(=O)N2)C(C)C)n1. The number of hydrogen-bond donors (Lipinski definition) is 2. The van der Waals surface area contributed by atoms with E-state index in [0.717, 1.165) is 21.7 Å². The lowest BCUT2D eigenvalue weighted by Gasteiger charge is -2.28. The maximum Gasteiger partial charge on any atom is 0.257 e. The number of aryl methyl sites for hydroxylation is 2. The normalized spacial score (nSPS) is 24.5. The number of likely N-dealkylation sites (tertiary alicyclic amines) is 1. The summed E-state index contributed by atoms with van der Waals surface area (Å²) in [4.78, 5) is 43.0. The molecule has 1 fully saturated rings. The molecule has 37 heavy (non-hydrogen) atoms. The van der Waals surface area contributed by atoms with E-state index < -0.39 is 23.6 Å². The summed E-state index contributed by atoms with van der Waals surface area (Å²) in [5.41, 5.74) is 3.39. The number of β-amino-alcohol motifs (C(OH)–C–C–N with tert-alkyl or cyclic N) is 1. The van der Waals surface area contributed by atoms with Crippen molar-refractivity contribution in [2.75, 3.05) is 6.54 Å². The number of thiazole rings is 1. The molecule has 2 unspecified atom stereocenters. The molecule has 10 nitrogen and oxygen atoms in total. The van der Waals surface area contributed by atoms with E-state index in [1.165, 1.54) is 0 Å². The topological polar surface area (TPSA) is 134 Å². The van der Waals surface area contributed by atoms with Crippen molar-refractivity contribution in [1.29, 1.82) is 0 Å². The van der Waals surface area contributed by atoms with Crippen LogP contribution >= 0.6 is 11.3 Å². The Morgan fingerprint density at radius 3 is 2.59 bits per heavy atom. The van der Waals surface area contributed by atoms with Crippen LogP contribution < -0.4 is 5.32 Å². The molecule has 0 saturated carbocycles. The predicted molar refractivity (Wildman–Crippen MR) is 138 cm³/mol. The van der Waals surface area contributed by atoms with E-state index in [2.05, 4.69) is 20.4 Å². The van der Waals surface area contributed by atoms with Crippen LogP contribution in [0.4, 0.5) is 0 Å². The van der Waals surface area contributed by atoms with Gasteiger partial charge in [0.1, 0.15) is 11.8 Å². The highest BCUT2D eigenvalue weighted by molar-refractivity contribution is 7.13. The summed E-state index contributed by atoms with van der Waals surface area (Å²) < 4.78 is 5.33. The zero-order chi connectivity index (χ0) is 26.5. The minimum absolute atomic E-state index is 0.114. The summed E-state index contributed by atoms with van der Waals surface area (Å²) in [7, 11) is 0. The number of hydrogen-bond acceptors (Lipinski definition) is 9. The van der Waals surface area contributed by atoms with E-state index in [-0.39, 0.29) is 36.6 Å². The van der Waals surface area contributed by atoms with E-state index in [1.54, 1.807) is 30.1 Å². The molecule has 1 aromatic carbocycles. The van der Waals surface area contributed by atoms with Gasteiger partial charge in [-0.25, -0.2) is 9.98 Å². The molecule has 5 rings (SSSR count). The minimum atomic E-state index is -1.15. The van der Waals surface area contributed by atoms with Gasteiger partial charge >= 0.3 is 0 Å². The van der Waals surface area contributed by atoms with Crippen LogP contribution in [0.3, 0.4) is 0 Å². The number of aliphatic hydroxyl groups excluding tert-OH is 1. The molecule has 194 valence electrons. The Balaban J connectivity index is 1.43. The maximum atomic E-state index is 13.7. The Kier molecular flexibility index (Phi) is 6.45. The largest absolute Gasteiger partial charge is 0.391 e. The number of nitrogens with one attached hydrogen (secondary N) is 1. The van der Waals surface area contributed by atoms with Crippen molar-refractivity contribution < 1.29 is 19.2 Å². The van der Waals surface area contributed by atoms with E-state index in [4.69, 9.17) is 9.52 Å². The van der Waals surface area contributed by atoms with Crippen molar-refractivity contribution in [1.82, 2.24) is 25.3 Å². The van der Waals surface area contributed by atoms with Gasteiger partial charge in [0.2, 0.25) is 11.8 Å². The summed E-state index contributed by atoms with van der Waals surface area (Å²) in [6.45, 7) is 9.38. The number of amidine groups is 1. The number of aromatic nitrogens is 3. The molecular weight excluding hydrogens is 492 g/mol. The Labute approximate surface area is 218 Å². The minimum Gasteiger partial charge on any atom is -0.391 e. The van der Waals surface area contributed by atoms with Crippen molar-refractivity contribution in [2.45, 2.75) is 64.6 Å². The van der Waals surface area contributed by atoms with Crippen LogP contribution in [-0.2, 0) is 15.1 Å². The number of amides is 2. The van der Waals surface area contributed by atoms with Crippen molar-refractivity contribution in [2.24, 2.45) is 10.9 Å². The van der Waals surface area contributed by atoms with Gasteiger partial charge in [-0.05, 0) is 37.8 Å². The van der Waals surface area contributed by atoms with Crippen LogP contribution in [0.2, 0.25) is 0 Å². The number of benzene rings is 1. The first-order chi connectivity index (χ1) is 17.6. The smallest absolute Gasteiger partial charge is 0.257 e. The average Bonchev–Trinajstić information content (AvgIpc) is 3.62. The fourth-order valence-corrected chi connectivity index (χ4v) is 5.86. The van der Waals surface area contributed by atoms with Crippen molar-refractivity contribution in [3.05, 3.63) is 52.7 Å². The summed E-state index contributed by atoms with van der Waals surface area (Å²) in [6.07, 6.45) is -0.461. The highest BCUT2D eigenvalue weighted by Crippen LogP contribution is 2.36.